The van der Waals surface area contributed by atoms with Gasteiger partial charge >= 0.3 is 0 Å². The molecule has 0 fully saturated rings. The predicted molar refractivity (Wildman–Crippen MR) is 92.6 cm³/mol. The highest BCUT2D eigenvalue weighted by Crippen LogP contribution is 2.24. The summed E-state index contributed by atoms with van der Waals surface area (Å²) in [5, 5.41) is 0. The summed E-state index contributed by atoms with van der Waals surface area (Å²) in [6.07, 6.45) is 1.69. The Morgan fingerprint density at radius 3 is 2.20 bits per heavy atom. The van der Waals surface area contributed by atoms with Crippen molar-refractivity contribution < 1.29 is 0 Å². The third-order valence-electron chi connectivity index (χ3n) is 3.26. The number of pyridine rings is 1. The van der Waals surface area contributed by atoms with Crippen LogP contribution in [0.1, 0.15) is 42.3 Å². The molecule has 2 rings (SSSR count). The van der Waals surface area contributed by atoms with Crippen LogP contribution >= 0.6 is 12.6 Å². The molecule has 106 valence electrons. The van der Waals surface area contributed by atoms with Gasteiger partial charge in [0.1, 0.15) is 0 Å². The normalized spacial score (nSPS) is 11.2. The molecule has 1 atom stereocenters. The Hall–Kier alpha value is -1.54. The van der Waals surface area contributed by atoms with E-state index in [0.29, 0.717) is 5.92 Å². The Labute approximate surface area is 128 Å². The Kier molecular flexibility index (Phi) is 6.53. The van der Waals surface area contributed by atoms with Gasteiger partial charge in [0.2, 0.25) is 0 Å². The molecule has 1 aromatic carbocycles. The number of benzene rings is 1. The van der Waals surface area contributed by atoms with Gasteiger partial charge in [0.15, 0.2) is 0 Å². The van der Waals surface area contributed by atoms with Crippen molar-refractivity contribution in [2.75, 3.05) is 6.26 Å². The topological polar surface area (TPSA) is 12.9 Å². The van der Waals surface area contributed by atoms with E-state index in [4.69, 9.17) is 0 Å². The van der Waals surface area contributed by atoms with Gasteiger partial charge in [0.25, 0.3) is 0 Å². The summed E-state index contributed by atoms with van der Waals surface area (Å²) in [5.74, 6) is 0.323. The molecule has 2 aromatic rings. The molecule has 0 N–H and O–H groups in total. The van der Waals surface area contributed by atoms with E-state index in [9.17, 15) is 0 Å². The number of rotatable bonds is 3. The molecular formula is C18H23NS. The van der Waals surface area contributed by atoms with Gasteiger partial charge in [-0.15, -0.1) is 0 Å². The van der Waals surface area contributed by atoms with Crippen molar-refractivity contribution in [3.63, 3.8) is 0 Å². The van der Waals surface area contributed by atoms with Gasteiger partial charge in [-0.1, -0.05) is 49.4 Å². The Morgan fingerprint density at radius 2 is 1.70 bits per heavy atom. The molecule has 0 amide bonds. The quantitative estimate of drug-likeness (QED) is 0.772. The molecule has 20 heavy (non-hydrogen) atoms. The lowest BCUT2D eigenvalue weighted by molar-refractivity contribution is 0.861. The van der Waals surface area contributed by atoms with Crippen molar-refractivity contribution in [1.82, 2.24) is 4.98 Å². The Morgan fingerprint density at radius 1 is 1.10 bits per heavy atom. The van der Waals surface area contributed by atoms with Crippen LogP contribution in [0.4, 0.5) is 0 Å². The molecule has 0 spiro atoms. The van der Waals surface area contributed by atoms with E-state index in [-0.39, 0.29) is 0 Å². The summed E-state index contributed by atoms with van der Waals surface area (Å²) in [7, 11) is 0. The zero-order valence-electron chi connectivity index (χ0n) is 12.7. The van der Waals surface area contributed by atoms with Crippen molar-refractivity contribution in [3.05, 3.63) is 71.6 Å². The third-order valence-corrected chi connectivity index (χ3v) is 3.26. The van der Waals surface area contributed by atoms with Gasteiger partial charge in [-0.25, -0.2) is 0 Å². The Balaban J connectivity index is 0.000000956. The number of thiol groups is 1. The summed E-state index contributed by atoms with van der Waals surface area (Å²) < 4.78 is 0. The maximum Gasteiger partial charge on any atom is 0.0478 e. The van der Waals surface area contributed by atoms with Crippen molar-refractivity contribution in [3.8, 4) is 0 Å². The Bertz CT molecular complexity index is 558. The highest BCUT2D eigenvalue weighted by Gasteiger charge is 2.09. The van der Waals surface area contributed by atoms with Crippen LogP contribution in [-0.4, -0.2) is 11.2 Å². The van der Waals surface area contributed by atoms with E-state index >= 15 is 0 Å². The standard InChI is InChI=1S/C17H19N.CH4S/c1-12(2)15-8-10-16(11-9-15)14(4)17-7-5-6-13(3)18-17;1-2/h5-11,14H,1H2,2-4H3;2H,1H3. The zero-order valence-corrected chi connectivity index (χ0v) is 13.6. The fourth-order valence-electron chi connectivity index (χ4n) is 2.03. The molecule has 1 nitrogen and oxygen atoms in total. The maximum absolute atomic E-state index is 4.59. The minimum absolute atomic E-state index is 0.323. The van der Waals surface area contributed by atoms with E-state index in [2.05, 4.69) is 67.5 Å². The molecule has 0 saturated carbocycles. The van der Waals surface area contributed by atoms with Crippen molar-refractivity contribution in [1.29, 1.82) is 0 Å². The van der Waals surface area contributed by atoms with E-state index in [0.717, 1.165) is 17.0 Å². The van der Waals surface area contributed by atoms with E-state index in [1.165, 1.54) is 11.1 Å². The zero-order chi connectivity index (χ0) is 15.1. The summed E-state index contributed by atoms with van der Waals surface area (Å²) in [6, 6.07) is 14.8. The molecule has 0 radical (unpaired) electrons. The number of aryl methyl sites for hydroxylation is 1. The molecule has 1 aromatic heterocycles. The minimum Gasteiger partial charge on any atom is -0.258 e. The predicted octanol–water partition coefficient (Wildman–Crippen LogP) is 5.12. The van der Waals surface area contributed by atoms with Crippen molar-refractivity contribution >= 4 is 18.2 Å². The number of hydrogen-bond acceptors (Lipinski definition) is 2. The first-order valence-corrected chi connectivity index (χ1v) is 7.61. The van der Waals surface area contributed by atoms with Crippen LogP contribution in [0.2, 0.25) is 0 Å². The largest absolute Gasteiger partial charge is 0.258 e. The van der Waals surface area contributed by atoms with Crippen LogP contribution in [0, 0.1) is 6.92 Å². The minimum atomic E-state index is 0.323. The molecule has 2 heteroatoms. The first-order valence-electron chi connectivity index (χ1n) is 6.72. The second-order valence-electron chi connectivity index (χ2n) is 4.83. The molecule has 0 aliphatic rings. The van der Waals surface area contributed by atoms with Crippen LogP contribution in [-0.2, 0) is 0 Å². The highest BCUT2D eigenvalue weighted by molar-refractivity contribution is 7.79. The van der Waals surface area contributed by atoms with E-state index in [1.54, 1.807) is 6.26 Å². The lowest BCUT2D eigenvalue weighted by Gasteiger charge is -2.12. The maximum atomic E-state index is 4.59. The summed E-state index contributed by atoms with van der Waals surface area (Å²) in [5.41, 5.74) is 5.78. The fraction of sp³-hybridized carbons (Fsp3) is 0.278. The van der Waals surface area contributed by atoms with Gasteiger partial charge in [0.05, 0.1) is 0 Å². The van der Waals surface area contributed by atoms with Gasteiger partial charge in [-0.2, -0.15) is 12.6 Å². The molecule has 0 bridgehead atoms. The van der Waals surface area contributed by atoms with Gasteiger partial charge in [-0.3, -0.25) is 4.98 Å². The van der Waals surface area contributed by atoms with Gasteiger partial charge in [-0.05, 0) is 43.4 Å². The number of nitrogens with zero attached hydrogens (tertiary/aromatic N) is 1. The van der Waals surface area contributed by atoms with Crippen LogP contribution in [0.15, 0.2) is 49.0 Å². The molecule has 0 aliphatic carbocycles. The summed E-state index contributed by atoms with van der Waals surface area (Å²) in [6.45, 7) is 10.2. The van der Waals surface area contributed by atoms with Gasteiger partial charge in [0, 0.05) is 17.3 Å². The second-order valence-corrected chi connectivity index (χ2v) is 4.83. The summed E-state index contributed by atoms with van der Waals surface area (Å²) in [4.78, 5) is 4.59. The summed E-state index contributed by atoms with van der Waals surface area (Å²) >= 11 is 3.53. The molecule has 1 heterocycles. The SMILES string of the molecule is C=C(C)c1ccc(C(C)c2cccc(C)n2)cc1.CS. The van der Waals surface area contributed by atoms with Crippen molar-refractivity contribution in [2.24, 2.45) is 0 Å². The highest BCUT2D eigenvalue weighted by atomic mass is 32.1. The molecular weight excluding hydrogens is 262 g/mol. The van der Waals surface area contributed by atoms with Crippen LogP contribution in [0.25, 0.3) is 5.57 Å². The molecule has 0 saturated heterocycles. The molecule has 0 aliphatic heterocycles. The third kappa shape index (κ3) is 4.24. The fourth-order valence-corrected chi connectivity index (χ4v) is 2.03. The lowest BCUT2D eigenvalue weighted by Crippen LogP contribution is -2.00. The van der Waals surface area contributed by atoms with Crippen LogP contribution < -0.4 is 0 Å². The first kappa shape index (κ1) is 16.5. The van der Waals surface area contributed by atoms with Crippen molar-refractivity contribution in [2.45, 2.75) is 26.7 Å². The monoisotopic (exact) mass is 285 g/mol. The van der Waals surface area contributed by atoms with Crippen LogP contribution in [0.3, 0.4) is 0 Å². The van der Waals surface area contributed by atoms with Crippen LogP contribution in [0.5, 0.6) is 0 Å². The number of hydrogen-bond donors (Lipinski definition) is 1. The number of aromatic nitrogens is 1. The number of allylic oxidation sites excluding steroid dienone is 1. The van der Waals surface area contributed by atoms with Gasteiger partial charge < -0.3 is 0 Å². The average molecular weight is 285 g/mol. The second kappa shape index (κ2) is 7.91. The average Bonchev–Trinajstić information content (AvgIpc) is 2.48. The smallest absolute Gasteiger partial charge is 0.0478 e. The van der Waals surface area contributed by atoms with E-state index < -0.39 is 0 Å². The lowest BCUT2D eigenvalue weighted by atomic mass is 9.95. The first-order chi connectivity index (χ1) is 9.58. The molecule has 1 unspecified atom stereocenters. The van der Waals surface area contributed by atoms with E-state index in [1.807, 2.05) is 19.9 Å².